The van der Waals surface area contributed by atoms with Crippen molar-refractivity contribution >= 4 is 39.3 Å². The van der Waals surface area contributed by atoms with Crippen LogP contribution in [0.2, 0.25) is 0 Å². The third-order valence-corrected chi connectivity index (χ3v) is 4.33. The van der Waals surface area contributed by atoms with Crippen molar-refractivity contribution in [1.82, 2.24) is 9.97 Å². The van der Waals surface area contributed by atoms with Gasteiger partial charge in [-0.3, -0.25) is 5.43 Å². The highest BCUT2D eigenvalue weighted by atomic mass is 32.2. The van der Waals surface area contributed by atoms with Crippen LogP contribution in [0.1, 0.15) is 0 Å². The number of nitrogens with one attached hydrogen (secondary N) is 1. The van der Waals surface area contributed by atoms with E-state index in [1.165, 1.54) is 29.2 Å². The monoisotopic (exact) mass is 310 g/mol. The Labute approximate surface area is 121 Å². The highest BCUT2D eigenvalue weighted by molar-refractivity contribution is 7.99. The van der Waals surface area contributed by atoms with Crippen molar-refractivity contribution in [2.24, 2.45) is 5.84 Å². The average Bonchev–Trinajstić information content (AvgIpc) is 2.91. The summed E-state index contributed by atoms with van der Waals surface area (Å²) in [5, 5.41) is 3.37. The van der Waals surface area contributed by atoms with Gasteiger partial charge in [0.15, 0.2) is 11.6 Å². The Kier molecular flexibility index (Phi) is 3.51. The largest absolute Gasteiger partial charge is 0.292 e. The zero-order chi connectivity index (χ0) is 14.1. The number of fused-ring (bicyclic) bond motifs is 1. The third-order valence-electron chi connectivity index (χ3n) is 2.52. The van der Waals surface area contributed by atoms with Crippen molar-refractivity contribution < 1.29 is 8.78 Å². The maximum atomic E-state index is 13.2. The number of benzene rings is 1. The summed E-state index contributed by atoms with van der Waals surface area (Å²) in [6.45, 7) is 0. The lowest BCUT2D eigenvalue weighted by molar-refractivity contribution is 0.506. The van der Waals surface area contributed by atoms with E-state index in [1.54, 1.807) is 0 Å². The first-order valence-electron chi connectivity index (χ1n) is 5.52. The van der Waals surface area contributed by atoms with Crippen LogP contribution in [-0.4, -0.2) is 9.97 Å². The lowest BCUT2D eigenvalue weighted by atomic mass is 10.3. The molecule has 4 nitrogen and oxygen atoms in total. The van der Waals surface area contributed by atoms with Crippen molar-refractivity contribution in [3.63, 3.8) is 0 Å². The van der Waals surface area contributed by atoms with Gasteiger partial charge in [0.1, 0.15) is 9.86 Å². The summed E-state index contributed by atoms with van der Waals surface area (Å²) < 4.78 is 26.2. The van der Waals surface area contributed by atoms with Gasteiger partial charge in [0.05, 0.1) is 0 Å². The number of hydrazine groups is 1. The molecule has 0 aliphatic carbocycles. The van der Waals surface area contributed by atoms with Crippen LogP contribution >= 0.6 is 23.1 Å². The van der Waals surface area contributed by atoms with Crippen LogP contribution in [0.25, 0.3) is 10.2 Å². The van der Waals surface area contributed by atoms with Crippen LogP contribution in [0.15, 0.2) is 39.6 Å². The summed E-state index contributed by atoms with van der Waals surface area (Å²) in [5.41, 5.74) is 2.39. The van der Waals surface area contributed by atoms with E-state index in [0.717, 1.165) is 22.3 Å². The minimum atomic E-state index is -0.886. The number of nitrogens with zero attached hydrogens (tertiary/aromatic N) is 2. The second-order valence-corrected chi connectivity index (χ2v) is 5.77. The number of anilines is 1. The highest BCUT2D eigenvalue weighted by Gasteiger charge is 2.11. The van der Waals surface area contributed by atoms with Gasteiger partial charge in [-0.1, -0.05) is 11.8 Å². The molecule has 102 valence electrons. The quantitative estimate of drug-likeness (QED) is 0.441. The van der Waals surface area contributed by atoms with Gasteiger partial charge >= 0.3 is 0 Å². The summed E-state index contributed by atoms with van der Waals surface area (Å²) in [6.07, 6.45) is 0. The first-order valence-corrected chi connectivity index (χ1v) is 7.22. The first kappa shape index (κ1) is 13.2. The van der Waals surface area contributed by atoms with Gasteiger partial charge in [-0.05, 0) is 29.6 Å². The molecule has 0 saturated carbocycles. The number of hydrogen-bond donors (Lipinski definition) is 2. The topological polar surface area (TPSA) is 63.8 Å². The van der Waals surface area contributed by atoms with Gasteiger partial charge in [0.2, 0.25) is 5.95 Å². The normalized spacial score (nSPS) is 10.9. The fourth-order valence-corrected chi connectivity index (χ4v) is 3.38. The Balaban J connectivity index is 2.04. The van der Waals surface area contributed by atoms with E-state index < -0.39 is 11.6 Å². The first-order chi connectivity index (χ1) is 9.67. The minimum Gasteiger partial charge on any atom is -0.292 e. The number of rotatable bonds is 3. The van der Waals surface area contributed by atoms with Crippen molar-refractivity contribution in [1.29, 1.82) is 0 Å². The average molecular weight is 310 g/mol. The molecule has 0 radical (unpaired) electrons. The van der Waals surface area contributed by atoms with Crippen molar-refractivity contribution in [2.75, 3.05) is 5.43 Å². The van der Waals surface area contributed by atoms with Gasteiger partial charge in [-0.25, -0.2) is 24.6 Å². The number of halogens is 2. The van der Waals surface area contributed by atoms with Crippen LogP contribution < -0.4 is 11.3 Å². The molecule has 0 spiro atoms. The van der Waals surface area contributed by atoms with Crippen molar-refractivity contribution in [2.45, 2.75) is 9.92 Å². The predicted octanol–water partition coefficient (Wildman–Crippen LogP) is 3.41. The van der Waals surface area contributed by atoms with E-state index in [0.29, 0.717) is 9.92 Å². The molecule has 8 heteroatoms. The van der Waals surface area contributed by atoms with Crippen LogP contribution in [0.4, 0.5) is 14.7 Å². The fourth-order valence-electron chi connectivity index (χ4n) is 1.62. The van der Waals surface area contributed by atoms with Crippen molar-refractivity contribution in [3.05, 3.63) is 41.3 Å². The van der Waals surface area contributed by atoms with E-state index in [1.807, 2.05) is 11.4 Å². The summed E-state index contributed by atoms with van der Waals surface area (Å²) in [4.78, 5) is 9.79. The number of nitrogens with two attached hydrogens (primary N) is 1. The van der Waals surface area contributed by atoms with Gasteiger partial charge in [-0.15, -0.1) is 11.3 Å². The molecular weight excluding hydrogens is 302 g/mol. The van der Waals surface area contributed by atoms with E-state index >= 15 is 0 Å². The fraction of sp³-hybridized carbons (Fsp3) is 0. The molecule has 3 N–H and O–H groups in total. The molecule has 3 rings (SSSR count). The number of aromatic nitrogens is 2. The maximum Gasteiger partial charge on any atom is 0.239 e. The van der Waals surface area contributed by atoms with Gasteiger partial charge in [-0.2, -0.15) is 0 Å². The van der Waals surface area contributed by atoms with Crippen LogP contribution in [-0.2, 0) is 0 Å². The van der Waals surface area contributed by atoms with E-state index in [9.17, 15) is 8.78 Å². The van der Waals surface area contributed by atoms with E-state index in [4.69, 9.17) is 5.84 Å². The molecule has 2 heterocycles. The van der Waals surface area contributed by atoms with Crippen LogP contribution in [0.3, 0.4) is 0 Å². The Morgan fingerprint density at radius 3 is 2.75 bits per heavy atom. The molecule has 0 saturated heterocycles. The summed E-state index contributed by atoms with van der Waals surface area (Å²) in [5.74, 6) is 3.85. The zero-order valence-electron chi connectivity index (χ0n) is 9.93. The van der Waals surface area contributed by atoms with Crippen molar-refractivity contribution in [3.8, 4) is 0 Å². The van der Waals surface area contributed by atoms with E-state index in [-0.39, 0.29) is 5.95 Å². The molecule has 0 aliphatic heterocycles. The Hall–Kier alpha value is -1.77. The smallest absolute Gasteiger partial charge is 0.239 e. The molecule has 0 atom stereocenters. The molecule has 1 aromatic carbocycles. The Bertz CT molecular complexity index is 775. The number of nitrogen functional groups attached to an aromatic ring is 1. The maximum absolute atomic E-state index is 13.2. The summed E-state index contributed by atoms with van der Waals surface area (Å²) in [6, 6.07) is 5.60. The molecule has 0 amide bonds. The molecule has 3 aromatic rings. The van der Waals surface area contributed by atoms with Gasteiger partial charge in [0, 0.05) is 10.3 Å². The molecular formula is C12H8F2N4S2. The lowest BCUT2D eigenvalue weighted by Crippen LogP contribution is -2.10. The molecule has 0 fully saturated rings. The number of hydrogen-bond acceptors (Lipinski definition) is 6. The summed E-state index contributed by atoms with van der Waals surface area (Å²) in [7, 11) is 0. The van der Waals surface area contributed by atoms with E-state index in [2.05, 4.69) is 15.4 Å². The second kappa shape index (κ2) is 5.31. The van der Waals surface area contributed by atoms with Crippen LogP contribution in [0.5, 0.6) is 0 Å². The zero-order valence-corrected chi connectivity index (χ0v) is 11.6. The Morgan fingerprint density at radius 2 is 2.00 bits per heavy atom. The predicted molar refractivity (Wildman–Crippen MR) is 75.7 cm³/mol. The minimum absolute atomic E-state index is 0.282. The van der Waals surface area contributed by atoms with Crippen LogP contribution in [0, 0.1) is 11.6 Å². The third kappa shape index (κ3) is 2.45. The molecule has 0 aliphatic rings. The molecule has 0 bridgehead atoms. The Morgan fingerprint density at radius 1 is 1.15 bits per heavy atom. The van der Waals surface area contributed by atoms with Gasteiger partial charge in [0.25, 0.3) is 0 Å². The summed E-state index contributed by atoms with van der Waals surface area (Å²) >= 11 is 2.68. The number of thiophene rings is 1. The molecule has 2 aromatic heterocycles. The second-order valence-electron chi connectivity index (χ2n) is 3.81. The SMILES string of the molecule is NNc1nc(Sc2ccc(F)c(F)c2)c2ccsc2n1. The lowest BCUT2D eigenvalue weighted by Gasteiger charge is -2.05. The molecule has 20 heavy (non-hydrogen) atoms. The highest BCUT2D eigenvalue weighted by Crippen LogP contribution is 2.34. The molecule has 0 unspecified atom stereocenters. The van der Waals surface area contributed by atoms with Gasteiger partial charge < -0.3 is 0 Å². The standard InChI is InChI=1S/C12H8F2N4S2/c13-8-2-1-6(5-9(8)14)20-11-7-3-4-19-10(7)16-12(17-11)18-15/h1-5H,15H2,(H,16,17,18).